The maximum atomic E-state index is 12.8. The molecule has 166 valence electrons. The minimum absolute atomic E-state index is 0.240. The lowest BCUT2D eigenvalue weighted by Crippen LogP contribution is -2.41. The molecule has 1 aromatic carbocycles. The van der Waals surface area contributed by atoms with Gasteiger partial charge in [-0.1, -0.05) is 35.9 Å². The molecule has 3 N–H and O–H groups in total. The van der Waals surface area contributed by atoms with Gasteiger partial charge in [0, 0.05) is 44.5 Å². The first kappa shape index (κ1) is 21.7. The molecular formula is C23H27N7O2. The van der Waals surface area contributed by atoms with Crippen LogP contribution in [0.3, 0.4) is 0 Å². The van der Waals surface area contributed by atoms with Gasteiger partial charge < -0.3 is 15.4 Å². The predicted molar refractivity (Wildman–Crippen MR) is 124 cm³/mol. The van der Waals surface area contributed by atoms with Gasteiger partial charge in [0.1, 0.15) is 11.5 Å². The van der Waals surface area contributed by atoms with E-state index < -0.39 is 0 Å². The SMILES string of the molecule is Cc1ccc(/C=C/c2nc(Nc3cc[nH]n3)cc(C(=O)NCCN3CCOCC3)n2)cc1. The zero-order chi connectivity index (χ0) is 22.2. The first-order valence-electron chi connectivity index (χ1n) is 10.6. The second kappa shape index (κ2) is 10.7. The Bertz CT molecular complexity index is 1040. The fourth-order valence-corrected chi connectivity index (χ4v) is 3.27. The van der Waals surface area contributed by atoms with Crippen molar-refractivity contribution in [3.8, 4) is 0 Å². The van der Waals surface area contributed by atoms with Gasteiger partial charge in [-0.15, -0.1) is 0 Å². The molecule has 0 unspecified atom stereocenters. The van der Waals surface area contributed by atoms with E-state index in [1.807, 2.05) is 37.3 Å². The molecule has 0 bridgehead atoms. The fourth-order valence-electron chi connectivity index (χ4n) is 3.27. The average molecular weight is 434 g/mol. The van der Waals surface area contributed by atoms with Gasteiger partial charge in [0.05, 0.1) is 13.2 Å². The molecule has 1 fully saturated rings. The van der Waals surface area contributed by atoms with Crippen molar-refractivity contribution in [2.24, 2.45) is 0 Å². The van der Waals surface area contributed by atoms with E-state index in [-0.39, 0.29) is 5.91 Å². The molecule has 0 radical (unpaired) electrons. The largest absolute Gasteiger partial charge is 0.379 e. The normalized spacial score (nSPS) is 14.5. The van der Waals surface area contributed by atoms with Crippen molar-refractivity contribution in [1.29, 1.82) is 0 Å². The number of benzene rings is 1. The number of carbonyl (C=O) groups is 1. The zero-order valence-corrected chi connectivity index (χ0v) is 18.0. The zero-order valence-electron chi connectivity index (χ0n) is 18.0. The number of anilines is 2. The first-order valence-corrected chi connectivity index (χ1v) is 10.6. The van der Waals surface area contributed by atoms with Crippen molar-refractivity contribution in [2.75, 3.05) is 44.7 Å². The number of nitrogens with one attached hydrogen (secondary N) is 3. The van der Waals surface area contributed by atoms with Gasteiger partial charge in [0.15, 0.2) is 11.6 Å². The third-order valence-corrected chi connectivity index (χ3v) is 5.05. The molecule has 0 spiro atoms. The number of nitrogens with zero attached hydrogens (tertiary/aromatic N) is 4. The molecule has 9 nitrogen and oxygen atoms in total. The lowest BCUT2D eigenvalue weighted by atomic mass is 10.1. The van der Waals surface area contributed by atoms with Crippen LogP contribution in [-0.4, -0.2) is 70.4 Å². The van der Waals surface area contributed by atoms with E-state index in [2.05, 4.69) is 35.7 Å². The molecule has 1 aliphatic heterocycles. The smallest absolute Gasteiger partial charge is 0.270 e. The minimum atomic E-state index is -0.240. The summed E-state index contributed by atoms with van der Waals surface area (Å²) >= 11 is 0. The monoisotopic (exact) mass is 433 g/mol. The molecule has 4 rings (SSSR count). The topological polar surface area (TPSA) is 108 Å². The lowest BCUT2D eigenvalue weighted by molar-refractivity contribution is 0.0383. The number of hydrogen-bond acceptors (Lipinski definition) is 7. The summed E-state index contributed by atoms with van der Waals surface area (Å²) in [6.07, 6.45) is 5.43. The Morgan fingerprint density at radius 2 is 1.94 bits per heavy atom. The van der Waals surface area contributed by atoms with Crippen LogP contribution in [0.2, 0.25) is 0 Å². The van der Waals surface area contributed by atoms with E-state index >= 15 is 0 Å². The summed E-state index contributed by atoms with van der Waals surface area (Å²) in [7, 11) is 0. The molecular weight excluding hydrogens is 406 g/mol. The van der Waals surface area contributed by atoms with Crippen molar-refractivity contribution < 1.29 is 9.53 Å². The Morgan fingerprint density at radius 1 is 1.12 bits per heavy atom. The Labute approximate surface area is 186 Å². The predicted octanol–water partition coefficient (Wildman–Crippen LogP) is 2.48. The van der Waals surface area contributed by atoms with Crippen LogP contribution in [-0.2, 0) is 4.74 Å². The lowest BCUT2D eigenvalue weighted by Gasteiger charge is -2.26. The van der Waals surface area contributed by atoms with Crippen LogP contribution < -0.4 is 10.6 Å². The Hall–Kier alpha value is -3.56. The highest BCUT2D eigenvalue weighted by atomic mass is 16.5. The molecule has 2 aromatic heterocycles. The van der Waals surface area contributed by atoms with E-state index in [1.165, 1.54) is 5.56 Å². The summed E-state index contributed by atoms with van der Waals surface area (Å²) in [5.41, 5.74) is 2.52. The number of morpholine rings is 1. The molecule has 3 aromatic rings. The van der Waals surface area contributed by atoms with Crippen LogP contribution in [0.25, 0.3) is 12.2 Å². The van der Waals surface area contributed by atoms with Gasteiger partial charge in [-0.25, -0.2) is 9.97 Å². The van der Waals surface area contributed by atoms with Gasteiger partial charge in [-0.2, -0.15) is 5.10 Å². The standard InChI is InChI=1S/C23H27N7O2/c1-17-2-4-18(5-3-17)6-7-20-26-19(16-22(27-20)28-21-8-9-25-29-21)23(31)24-10-11-30-12-14-32-15-13-30/h2-9,16H,10-15H2,1H3,(H,24,31)(H2,25,26,27,28,29)/b7-6+. The number of aromatic nitrogens is 4. The number of ether oxygens (including phenoxy) is 1. The van der Waals surface area contributed by atoms with Crippen molar-refractivity contribution in [2.45, 2.75) is 6.92 Å². The number of amides is 1. The Kier molecular flexibility index (Phi) is 7.21. The molecule has 1 amide bonds. The van der Waals surface area contributed by atoms with Gasteiger partial charge in [-0.05, 0) is 18.6 Å². The summed E-state index contributed by atoms with van der Waals surface area (Å²) in [5.74, 6) is 1.30. The van der Waals surface area contributed by atoms with Crippen LogP contribution >= 0.6 is 0 Å². The quantitative estimate of drug-likeness (QED) is 0.501. The second-order valence-corrected chi connectivity index (χ2v) is 7.54. The minimum Gasteiger partial charge on any atom is -0.379 e. The first-order chi connectivity index (χ1) is 15.7. The van der Waals surface area contributed by atoms with Crippen LogP contribution in [0.4, 0.5) is 11.6 Å². The van der Waals surface area contributed by atoms with Crippen LogP contribution in [0, 0.1) is 6.92 Å². The van der Waals surface area contributed by atoms with E-state index in [9.17, 15) is 4.79 Å². The molecule has 3 heterocycles. The number of carbonyl (C=O) groups excluding carboxylic acids is 1. The number of aryl methyl sites for hydroxylation is 1. The third kappa shape index (κ3) is 6.22. The van der Waals surface area contributed by atoms with E-state index in [1.54, 1.807) is 24.4 Å². The molecule has 1 saturated heterocycles. The molecule has 9 heteroatoms. The van der Waals surface area contributed by atoms with Gasteiger partial charge in [0.2, 0.25) is 0 Å². The molecule has 32 heavy (non-hydrogen) atoms. The van der Waals surface area contributed by atoms with Gasteiger partial charge in [0.25, 0.3) is 5.91 Å². The summed E-state index contributed by atoms with van der Waals surface area (Å²) in [5, 5.41) is 12.9. The van der Waals surface area contributed by atoms with E-state index in [0.717, 1.165) is 38.4 Å². The molecule has 0 atom stereocenters. The highest BCUT2D eigenvalue weighted by Gasteiger charge is 2.14. The number of hydrogen-bond donors (Lipinski definition) is 3. The highest BCUT2D eigenvalue weighted by molar-refractivity contribution is 5.93. The van der Waals surface area contributed by atoms with Gasteiger partial charge in [-0.3, -0.25) is 14.8 Å². The highest BCUT2D eigenvalue weighted by Crippen LogP contribution is 2.15. The average Bonchev–Trinajstić information content (AvgIpc) is 3.32. The van der Waals surface area contributed by atoms with Crippen LogP contribution in [0.1, 0.15) is 27.4 Å². The molecule has 0 aliphatic carbocycles. The van der Waals surface area contributed by atoms with Crippen molar-refractivity contribution in [3.05, 3.63) is 65.2 Å². The molecule has 1 aliphatic rings. The van der Waals surface area contributed by atoms with Crippen LogP contribution in [0.15, 0.2) is 42.6 Å². The van der Waals surface area contributed by atoms with E-state index in [4.69, 9.17) is 4.74 Å². The number of aromatic amines is 1. The number of H-pyrrole nitrogens is 1. The maximum absolute atomic E-state index is 12.8. The Morgan fingerprint density at radius 3 is 2.69 bits per heavy atom. The maximum Gasteiger partial charge on any atom is 0.270 e. The van der Waals surface area contributed by atoms with Crippen molar-refractivity contribution in [1.82, 2.24) is 30.4 Å². The number of rotatable bonds is 8. The summed E-state index contributed by atoms with van der Waals surface area (Å²) in [4.78, 5) is 24.0. The van der Waals surface area contributed by atoms with E-state index in [0.29, 0.717) is 29.7 Å². The Balaban J connectivity index is 1.48. The summed E-state index contributed by atoms with van der Waals surface area (Å²) in [6, 6.07) is 11.6. The summed E-state index contributed by atoms with van der Waals surface area (Å²) in [6.45, 7) is 6.60. The van der Waals surface area contributed by atoms with Crippen molar-refractivity contribution >= 4 is 29.7 Å². The summed E-state index contributed by atoms with van der Waals surface area (Å²) < 4.78 is 5.36. The second-order valence-electron chi connectivity index (χ2n) is 7.54. The van der Waals surface area contributed by atoms with Crippen molar-refractivity contribution in [3.63, 3.8) is 0 Å². The third-order valence-electron chi connectivity index (χ3n) is 5.05. The van der Waals surface area contributed by atoms with Crippen LogP contribution in [0.5, 0.6) is 0 Å². The molecule has 0 saturated carbocycles. The van der Waals surface area contributed by atoms with Gasteiger partial charge >= 0.3 is 0 Å². The fraction of sp³-hybridized carbons (Fsp3) is 0.304.